The van der Waals surface area contributed by atoms with E-state index in [0.717, 1.165) is 11.6 Å². The maximum Gasteiger partial charge on any atom is 0.417 e. The van der Waals surface area contributed by atoms with E-state index < -0.39 is 11.7 Å². The van der Waals surface area contributed by atoms with Crippen molar-refractivity contribution in [3.63, 3.8) is 0 Å². The summed E-state index contributed by atoms with van der Waals surface area (Å²) in [7, 11) is 0. The largest absolute Gasteiger partial charge is 0.417 e. The summed E-state index contributed by atoms with van der Waals surface area (Å²) in [5, 5.41) is 8.70. The molecule has 1 aromatic heterocycles. The molecule has 6 N–H and O–H groups in total. The zero-order valence-corrected chi connectivity index (χ0v) is 14.9. The molecule has 1 heterocycles. The minimum Gasteiger partial charge on any atom is -0.368 e. The lowest BCUT2D eigenvalue weighted by Gasteiger charge is -2.17. The molecule has 1 atom stereocenters. The van der Waals surface area contributed by atoms with E-state index in [1.54, 1.807) is 31.2 Å². The number of nitrogen functional groups attached to an aromatic ring is 1. The number of hydrogen-bond donors (Lipinski definition) is 4. The van der Waals surface area contributed by atoms with Gasteiger partial charge in [0.1, 0.15) is 0 Å². The molecule has 0 aliphatic rings. The Morgan fingerprint density at radius 3 is 2.37 bits per heavy atom. The molecular formula is C17H16ClF3N6. The lowest BCUT2D eigenvalue weighted by atomic mass is 9.96. The van der Waals surface area contributed by atoms with E-state index in [0.29, 0.717) is 5.56 Å². The monoisotopic (exact) mass is 396 g/mol. The van der Waals surface area contributed by atoms with Gasteiger partial charge in [-0.3, -0.25) is 0 Å². The van der Waals surface area contributed by atoms with Crippen molar-refractivity contribution in [2.75, 3.05) is 11.1 Å². The number of nitrogens with one attached hydrogen (secondary N) is 2. The van der Waals surface area contributed by atoms with Gasteiger partial charge < -0.3 is 16.8 Å². The zero-order valence-electron chi connectivity index (χ0n) is 14.1. The van der Waals surface area contributed by atoms with E-state index in [-0.39, 0.29) is 34.2 Å². The molecule has 0 aliphatic carbocycles. The number of halogens is 4. The molecule has 142 valence electrons. The van der Waals surface area contributed by atoms with E-state index in [1.807, 2.05) is 0 Å². The molecule has 2 aromatic carbocycles. The van der Waals surface area contributed by atoms with Crippen molar-refractivity contribution in [3.05, 3.63) is 52.5 Å². The Kier molecular flexibility index (Phi) is 4.99. The Hall–Kier alpha value is -2.78. The summed E-state index contributed by atoms with van der Waals surface area (Å²) in [6.45, 7) is 1.79. The van der Waals surface area contributed by atoms with Gasteiger partial charge in [-0.25, -0.2) is 5.10 Å². The van der Waals surface area contributed by atoms with Crippen molar-refractivity contribution in [1.82, 2.24) is 15.2 Å². The fourth-order valence-corrected chi connectivity index (χ4v) is 2.94. The van der Waals surface area contributed by atoms with Crippen molar-refractivity contribution < 1.29 is 13.2 Å². The molecule has 3 rings (SSSR count). The first-order valence-corrected chi connectivity index (χ1v) is 8.24. The van der Waals surface area contributed by atoms with E-state index in [1.165, 1.54) is 6.07 Å². The Labute approximate surface area is 157 Å². The average Bonchev–Trinajstić information content (AvgIpc) is 2.98. The quantitative estimate of drug-likeness (QED) is 0.520. The van der Waals surface area contributed by atoms with Crippen LogP contribution in [0, 0.1) is 0 Å². The van der Waals surface area contributed by atoms with Gasteiger partial charge >= 0.3 is 6.18 Å². The number of benzene rings is 2. The second-order valence-corrected chi connectivity index (χ2v) is 6.37. The van der Waals surface area contributed by atoms with Crippen LogP contribution >= 0.6 is 11.6 Å². The molecule has 0 fully saturated rings. The third-order valence-corrected chi connectivity index (χ3v) is 4.18. The van der Waals surface area contributed by atoms with Gasteiger partial charge in [0.05, 0.1) is 10.6 Å². The summed E-state index contributed by atoms with van der Waals surface area (Å²) in [6, 6.07) is 8.59. The fourth-order valence-electron chi connectivity index (χ4n) is 2.61. The molecule has 0 amide bonds. The topological polar surface area (TPSA) is 106 Å². The van der Waals surface area contributed by atoms with Gasteiger partial charge in [0.25, 0.3) is 0 Å². The van der Waals surface area contributed by atoms with Crippen LogP contribution in [0.4, 0.5) is 30.8 Å². The second-order valence-electron chi connectivity index (χ2n) is 5.96. The first-order chi connectivity index (χ1) is 12.6. The van der Waals surface area contributed by atoms with Crippen LogP contribution < -0.4 is 16.8 Å². The number of H-pyrrole nitrogens is 1. The van der Waals surface area contributed by atoms with E-state index in [4.69, 9.17) is 23.1 Å². The van der Waals surface area contributed by atoms with Gasteiger partial charge in [0.2, 0.25) is 11.9 Å². The minimum absolute atomic E-state index is 0.0329. The van der Waals surface area contributed by atoms with Crippen molar-refractivity contribution in [2.45, 2.75) is 19.1 Å². The van der Waals surface area contributed by atoms with E-state index >= 15 is 0 Å². The molecule has 0 bridgehead atoms. The van der Waals surface area contributed by atoms with Crippen molar-refractivity contribution >= 4 is 29.2 Å². The third kappa shape index (κ3) is 4.15. The van der Waals surface area contributed by atoms with Crippen LogP contribution in [0.1, 0.15) is 24.1 Å². The van der Waals surface area contributed by atoms with E-state index in [2.05, 4.69) is 20.5 Å². The average molecular weight is 397 g/mol. The number of nitrogens with zero attached hydrogens (tertiary/aromatic N) is 2. The summed E-state index contributed by atoms with van der Waals surface area (Å²) in [5.74, 6) is 0.0659. The van der Waals surface area contributed by atoms with Gasteiger partial charge in [-0.1, -0.05) is 35.9 Å². The Bertz CT molecular complexity index is 950. The number of nitrogens with two attached hydrogens (primary N) is 2. The maximum atomic E-state index is 13.7. The van der Waals surface area contributed by atoms with E-state index in [9.17, 15) is 13.2 Å². The van der Waals surface area contributed by atoms with Crippen LogP contribution in [0.15, 0.2) is 36.4 Å². The highest BCUT2D eigenvalue weighted by Gasteiger charge is 2.35. The highest BCUT2D eigenvalue weighted by atomic mass is 35.5. The van der Waals surface area contributed by atoms with Crippen molar-refractivity contribution in [3.8, 4) is 11.1 Å². The Morgan fingerprint density at radius 1 is 1.19 bits per heavy atom. The maximum absolute atomic E-state index is 13.7. The van der Waals surface area contributed by atoms with Crippen LogP contribution in [-0.4, -0.2) is 15.2 Å². The molecule has 0 radical (unpaired) electrons. The number of hydrogen-bond acceptors (Lipinski definition) is 5. The second kappa shape index (κ2) is 7.09. The highest BCUT2D eigenvalue weighted by molar-refractivity contribution is 6.33. The first kappa shape index (κ1) is 19.0. The summed E-state index contributed by atoms with van der Waals surface area (Å²) >= 11 is 6.21. The summed E-state index contributed by atoms with van der Waals surface area (Å²) < 4.78 is 41.0. The van der Waals surface area contributed by atoms with Gasteiger partial charge in [-0.05, 0) is 30.2 Å². The van der Waals surface area contributed by atoms with Crippen molar-refractivity contribution in [1.29, 1.82) is 0 Å². The summed E-state index contributed by atoms with van der Waals surface area (Å²) in [6.07, 6.45) is -4.62. The smallest absolute Gasteiger partial charge is 0.368 e. The summed E-state index contributed by atoms with van der Waals surface area (Å²) in [5.41, 5.74) is 11.4. The van der Waals surface area contributed by atoms with Gasteiger partial charge in [0.15, 0.2) is 0 Å². The van der Waals surface area contributed by atoms with Crippen LogP contribution in [0.2, 0.25) is 5.02 Å². The molecule has 1 unspecified atom stereocenters. The number of anilines is 3. The summed E-state index contributed by atoms with van der Waals surface area (Å²) in [4.78, 5) is 3.80. The van der Waals surface area contributed by atoms with Gasteiger partial charge in [0, 0.05) is 17.3 Å². The normalized spacial score (nSPS) is 12.8. The van der Waals surface area contributed by atoms with Gasteiger partial charge in [-0.15, -0.1) is 5.10 Å². The predicted octanol–water partition coefficient (Wildman–Crippen LogP) is 4.49. The molecule has 0 saturated carbocycles. The van der Waals surface area contributed by atoms with Crippen LogP contribution in [0.25, 0.3) is 11.1 Å². The number of aromatic amines is 1. The lowest BCUT2D eigenvalue weighted by Crippen LogP contribution is -2.09. The van der Waals surface area contributed by atoms with Crippen LogP contribution in [-0.2, 0) is 6.18 Å². The molecule has 3 aromatic rings. The minimum atomic E-state index is -4.62. The molecule has 0 spiro atoms. The Morgan fingerprint density at radius 2 is 1.85 bits per heavy atom. The molecule has 0 saturated heterocycles. The third-order valence-electron chi connectivity index (χ3n) is 3.88. The first-order valence-electron chi connectivity index (χ1n) is 7.86. The standard InChI is InChI=1S/C17H16ClF3N6/c1-8(22)9-2-4-10(5-3-9)14-12(17(19,20)21)6-11(7-13(14)18)24-16-25-15(23)26-27-16/h2-8H,22H2,1H3,(H4,23,24,25,26,27). The van der Waals surface area contributed by atoms with Crippen LogP contribution in [0.5, 0.6) is 0 Å². The van der Waals surface area contributed by atoms with Gasteiger partial charge in [-0.2, -0.15) is 18.2 Å². The molecular weight excluding hydrogens is 381 g/mol. The molecule has 27 heavy (non-hydrogen) atoms. The lowest BCUT2D eigenvalue weighted by molar-refractivity contribution is -0.137. The number of alkyl halides is 3. The highest BCUT2D eigenvalue weighted by Crippen LogP contribution is 2.43. The fraction of sp³-hybridized carbons (Fsp3) is 0.176. The molecule has 0 aliphatic heterocycles. The Balaban J connectivity index is 2.07. The molecule has 10 heteroatoms. The number of rotatable bonds is 4. The molecule has 6 nitrogen and oxygen atoms in total. The van der Waals surface area contributed by atoms with Crippen molar-refractivity contribution in [2.24, 2.45) is 5.73 Å². The predicted molar refractivity (Wildman–Crippen MR) is 98.6 cm³/mol. The van der Waals surface area contributed by atoms with Crippen LogP contribution in [0.3, 0.4) is 0 Å². The SMILES string of the molecule is CC(N)c1ccc(-c2c(Cl)cc(Nc3n[nH]c(N)n3)cc2C(F)(F)F)cc1. The zero-order chi connectivity index (χ0) is 19.8. The number of aromatic nitrogens is 3.